The summed E-state index contributed by atoms with van der Waals surface area (Å²) in [6, 6.07) is 0. The first-order valence-electron chi connectivity index (χ1n) is 4.33. The maximum Gasteiger partial charge on any atom is 0.0535 e. The summed E-state index contributed by atoms with van der Waals surface area (Å²) in [6.07, 6.45) is 6.65. The number of hydrogen-bond donors (Lipinski definition) is 2. The quantitative estimate of drug-likeness (QED) is 0.558. The highest BCUT2D eigenvalue weighted by Gasteiger charge is 2.21. The van der Waals surface area contributed by atoms with Gasteiger partial charge < -0.3 is 0 Å². The van der Waals surface area contributed by atoms with Crippen LogP contribution in [0.3, 0.4) is 0 Å². The number of nitrogens with one attached hydrogen (secondary N) is 1. The molecule has 1 fully saturated rings. The highest BCUT2D eigenvalue weighted by molar-refractivity contribution is 5.85. The molecular formula is C8H15ClN4. The van der Waals surface area contributed by atoms with Crippen molar-refractivity contribution in [1.82, 2.24) is 15.2 Å². The van der Waals surface area contributed by atoms with E-state index >= 15 is 0 Å². The van der Waals surface area contributed by atoms with Crippen LogP contribution in [0, 0.1) is 5.92 Å². The molecule has 13 heavy (non-hydrogen) atoms. The molecule has 1 heterocycles. The Kier molecular flexibility index (Phi) is 3.71. The van der Waals surface area contributed by atoms with Gasteiger partial charge in [-0.2, -0.15) is 5.10 Å². The first-order valence-corrected chi connectivity index (χ1v) is 4.33. The lowest BCUT2D eigenvalue weighted by Gasteiger charge is -1.96. The Labute approximate surface area is 83.9 Å². The van der Waals surface area contributed by atoms with Crippen molar-refractivity contribution in [2.45, 2.75) is 25.9 Å². The van der Waals surface area contributed by atoms with Crippen LogP contribution in [0.4, 0.5) is 0 Å². The second-order valence-corrected chi connectivity index (χ2v) is 3.39. The fourth-order valence-electron chi connectivity index (χ4n) is 1.28. The molecule has 0 spiro atoms. The van der Waals surface area contributed by atoms with E-state index in [0.717, 1.165) is 18.0 Å². The van der Waals surface area contributed by atoms with Crippen molar-refractivity contribution in [2.24, 2.45) is 11.8 Å². The van der Waals surface area contributed by atoms with Gasteiger partial charge in [-0.15, -0.1) is 12.4 Å². The van der Waals surface area contributed by atoms with Crippen LogP contribution in [0.15, 0.2) is 12.4 Å². The maximum absolute atomic E-state index is 5.20. The second kappa shape index (κ2) is 4.60. The molecule has 0 saturated heterocycles. The van der Waals surface area contributed by atoms with E-state index < -0.39 is 0 Å². The molecule has 1 aromatic rings. The zero-order valence-electron chi connectivity index (χ0n) is 7.44. The fraction of sp³-hybridized carbons (Fsp3) is 0.625. The van der Waals surface area contributed by atoms with Crippen molar-refractivity contribution >= 4 is 12.4 Å². The van der Waals surface area contributed by atoms with Gasteiger partial charge in [0.05, 0.1) is 6.20 Å². The maximum atomic E-state index is 5.20. The van der Waals surface area contributed by atoms with Gasteiger partial charge in [0.25, 0.3) is 0 Å². The highest BCUT2D eigenvalue weighted by Crippen LogP contribution is 2.30. The van der Waals surface area contributed by atoms with E-state index in [1.807, 2.05) is 10.9 Å². The molecule has 1 saturated carbocycles. The molecule has 74 valence electrons. The summed E-state index contributed by atoms with van der Waals surface area (Å²) in [4.78, 5) is 0. The smallest absolute Gasteiger partial charge is 0.0535 e. The number of halogens is 1. The third-order valence-corrected chi connectivity index (χ3v) is 2.14. The van der Waals surface area contributed by atoms with Crippen LogP contribution in [-0.2, 0) is 13.1 Å². The Morgan fingerprint density at radius 2 is 2.38 bits per heavy atom. The lowest BCUT2D eigenvalue weighted by atomic mass is 10.4. The van der Waals surface area contributed by atoms with Crippen molar-refractivity contribution in [1.29, 1.82) is 0 Å². The SMILES string of the molecule is Cl.NNCc1cnn(CC2CC2)c1. The second-order valence-electron chi connectivity index (χ2n) is 3.39. The van der Waals surface area contributed by atoms with Gasteiger partial charge in [0.15, 0.2) is 0 Å². The number of hydrazine groups is 1. The molecule has 1 aromatic heterocycles. The predicted molar refractivity (Wildman–Crippen MR) is 53.2 cm³/mol. The molecule has 0 unspecified atom stereocenters. The van der Waals surface area contributed by atoms with Gasteiger partial charge in [-0.1, -0.05) is 0 Å². The molecule has 0 amide bonds. The first-order chi connectivity index (χ1) is 5.88. The van der Waals surface area contributed by atoms with Crippen molar-refractivity contribution in [2.75, 3.05) is 0 Å². The average Bonchev–Trinajstić information content (AvgIpc) is 2.74. The Morgan fingerprint density at radius 3 is 3.00 bits per heavy atom. The van der Waals surface area contributed by atoms with E-state index in [1.54, 1.807) is 0 Å². The minimum absolute atomic E-state index is 0. The average molecular weight is 203 g/mol. The Bertz CT molecular complexity index is 256. The van der Waals surface area contributed by atoms with E-state index in [-0.39, 0.29) is 12.4 Å². The zero-order valence-corrected chi connectivity index (χ0v) is 8.26. The summed E-state index contributed by atoms with van der Waals surface area (Å²) in [6.45, 7) is 1.77. The van der Waals surface area contributed by atoms with Crippen LogP contribution < -0.4 is 11.3 Å². The first kappa shape index (κ1) is 10.5. The molecule has 2 rings (SSSR count). The number of aromatic nitrogens is 2. The molecule has 0 atom stereocenters. The summed E-state index contributed by atoms with van der Waals surface area (Å²) in [5.41, 5.74) is 3.76. The third-order valence-electron chi connectivity index (χ3n) is 2.14. The lowest BCUT2D eigenvalue weighted by molar-refractivity contribution is 0.562. The highest BCUT2D eigenvalue weighted by atomic mass is 35.5. The largest absolute Gasteiger partial charge is 0.272 e. The predicted octanol–water partition coefficient (Wildman–Crippen LogP) is 0.678. The van der Waals surface area contributed by atoms with Crippen LogP contribution in [0.5, 0.6) is 0 Å². The minimum Gasteiger partial charge on any atom is -0.272 e. The molecule has 0 bridgehead atoms. The molecule has 5 heteroatoms. The summed E-state index contributed by atoms with van der Waals surface area (Å²) >= 11 is 0. The van der Waals surface area contributed by atoms with Crippen LogP contribution in [0.2, 0.25) is 0 Å². The molecular weight excluding hydrogens is 188 g/mol. The van der Waals surface area contributed by atoms with E-state index in [9.17, 15) is 0 Å². The number of nitrogens with zero attached hydrogens (tertiary/aromatic N) is 2. The zero-order chi connectivity index (χ0) is 8.39. The molecule has 4 nitrogen and oxygen atoms in total. The summed E-state index contributed by atoms with van der Waals surface area (Å²) in [5, 5.41) is 4.24. The van der Waals surface area contributed by atoms with Crippen LogP contribution in [-0.4, -0.2) is 9.78 Å². The van der Waals surface area contributed by atoms with Gasteiger partial charge >= 0.3 is 0 Å². The summed E-state index contributed by atoms with van der Waals surface area (Å²) < 4.78 is 2.00. The fourth-order valence-corrected chi connectivity index (χ4v) is 1.28. The summed E-state index contributed by atoms with van der Waals surface area (Å²) in [5.74, 6) is 6.07. The number of nitrogens with two attached hydrogens (primary N) is 1. The van der Waals surface area contributed by atoms with Crippen molar-refractivity contribution in [3.05, 3.63) is 18.0 Å². The standard InChI is InChI=1S/C8H14N4.ClH/c9-10-3-8-4-11-12(6-8)5-7-1-2-7;/h4,6-7,10H,1-3,5,9H2;1H. The van der Waals surface area contributed by atoms with Crippen molar-refractivity contribution in [3.8, 4) is 0 Å². The van der Waals surface area contributed by atoms with E-state index in [4.69, 9.17) is 5.84 Å². The van der Waals surface area contributed by atoms with Gasteiger partial charge in [0.1, 0.15) is 0 Å². The topological polar surface area (TPSA) is 55.9 Å². The molecule has 3 N–H and O–H groups in total. The number of hydrogen-bond acceptors (Lipinski definition) is 3. The minimum atomic E-state index is 0. The van der Waals surface area contributed by atoms with Gasteiger partial charge in [-0.25, -0.2) is 0 Å². The van der Waals surface area contributed by atoms with Gasteiger partial charge in [0, 0.05) is 24.8 Å². The molecule has 0 radical (unpaired) electrons. The normalized spacial score (nSPS) is 15.5. The molecule has 0 aliphatic heterocycles. The molecule has 0 aromatic carbocycles. The lowest BCUT2D eigenvalue weighted by Crippen LogP contribution is -2.20. The number of rotatable bonds is 4. The Morgan fingerprint density at radius 1 is 1.62 bits per heavy atom. The summed E-state index contributed by atoms with van der Waals surface area (Å²) in [7, 11) is 0. The van der Waals surface area contributed by atoms with Crippen LogP contribution in [0.1, 0.15) is 18.4 Å². The Balaban J connectivity index is 0.000000845. The van der Waals surface area contributed by atoms with Gasteiger partial charge in [-0.05, 0) is 18.8 Å². The van der Waals surface area contributed by atoms with Crippen molar-refractivity contribution < 1.29 is 0 Å². The molecule has 1 aliphatic carbocycles. The van der Waals surface area contributed by atoms with Crippen molar-refractivity contribution in [3.63, 3.8) is 0 Å². The molecule has 1 aliphatic rings. The van der Waals surface area contributed by atoms with E-state index in [2.05, 4.69) is 16.7 Å². The van der Waals surface area contributed by atoms with E-state index in [0.29, 0.717) is 6.54 Å². The van der Waals surface area contributed by atoms with Gasteiger partial charge in [0.2, 0.25) is 0 Å². The van der Waals surface area contributed by atoms with Crippen LogP contribution >= 0.6 is 12.4 Å². The Hall–Kier alpha value is -0.580. The van der Waals surface area contributed by atoms with E-state index in [1.165, 1.54) is 12.8 Å². The monoisotopic (exact) mass is 202 g/mol. The van der Waals surface area contributed by atoms with Gasteiger partial charge in [-0.3, -0.25) is 16.0 Å². The van der Waals surface area contributed by atoms with Crippen LogP contribution in [0.25, 0.3) is 0 Å². The third kappa shape index (κ3) is 2.99.